The average molecular weight is 221 g/mol. The third-order valence-corrected chi connectivity index (χ3v) is 4.32. The number of benzene rings is 1. The van der Waals surface area contributed by atoms with Gasteiger partial charge in [-0.05, 0) is 37.8 Å². The molecule has 0 bridgehead atoms. The number of nitrogens with two attached hydrogens (primary N) is 1. The minimum absolute atomic E-state index is 0.258. The molecule has 0 aromatic heterocycles. The molecule has 0 spiro atoms. The van der Waals surface area contributed by atoms with Gasteiger partial charge in [-0.2, -0.15) is 0 Å². The molecule has 1 nitrogen and oxygen atoms in total. The summed E-state index contributed by atoms with van der Waals surface area (Å²) >= 11 is 2.04. The minimum Gasteiger partial charge on any atom is -0.328 e. The van der Waals surface area contributed by atoms with Crippen LogP contribution in [-0.2, 0) is 6.42 Å². The lowest BCUT2D eigenvalue weighted by Crippen LogP contribution is -2.19. The molecular formula is C13H19NS. The summed E-state index contributed by atoms with van der Waals surface area (Å²) in [4.78, 5) is 1.44. The minimum atomic E-state index is 0.258. The molecule has 1 aromatic carbocycles. The van der Waals surface area contributed by atoms with E-state index in [4.69, 9.17) is 5.73 Å². The van der Waals surface area contributed by atoms with E-state index in [1.807, 2.05) is 11.8 Å². The molecule has 0 heterocycles. The second kappa shape index (κ2) is 5.04. The molecule has 1 unspecified atom stereocenters. The van der Waals surface area contributed by atoms with Crippen LogP contribution in [0.15, 0.2) is 29.2 Å². The zero-order valence-electron chi connectivity index (χ0n) is 9.28. The molecule has 1 aliphatic carbocycles. The van der Waals surface area contributed by atoms with Crippen molar-refractivity contribution in [3.63, 3.8) is 0 Å². The zero-order chi connectivity index (χ0) is 10.7. The predicted octanol–water partition coefficient (Wildman–Crippen LogP) is 3.22. The van der Waals surface area contributed by atoms with E-state index in [0.717, 1.165) is 11.7 Å². The maximum Gasteiger partial charge on any atom is 0.0107 e. The number of rotatable bonds is 4. The van der Waals surface area contributed by atoms with Crippen molar-refractivity contribution in [1.29, 1.82) is 0 Å². The zero-order valence-corrected chi connectivity index (χ0v) is 10.1. The Kier molecular flexibility index (Phi) is 3.71. The Labute approximate surface area is 96.4 Å². The first kappa shape index (κ1) is 11.0. The summed E-state index contributed by atoms with van der Waals surface area (Å²) < 4.78 is 0. The highest BCUT2D eigenvalue weighted by atomic mass is 32.2. The van der Waals surface area contributed by atoms with E-state index < -0.39 is 0 Å². The smallest absolute Gasteiger partial charge is 0.0107 e. The van der Waals surface area contributed by atoms with Gasteiger partial charge in [0.15, 0.2) is 0 Å². The van der Waals surface area contributed by atoms with E-state index >= 15 is 0 Å². The van der Waals surface area contributed by atoms with Crippen molar-refractivity contribution in [2.24, 2.45) is 5.73 Å². The van der Waals surface area contributed by atoms with Crippen molar-refractivity contribution in [2.75, 3.05) is 0 Å². The fourth-order valence-electron chi connectivity index (χ4n) is 1.80. The van der Waals surface area contributed by atoms with Gasteiger partial charge in [0, 0.05) is 16.2 Å². The second-order valence-electron chi connectivity index (χ2n) is 4.46. The van der Waals surface area contributed by atoms with Crippen molar-refractivity contribution in [3.05, 3.63) is 29.8 Å². The lowest BCUT2D eigenvalue weighted by molar-refractivity contribution is 0.522. The topological polar surface area (TPSA) is 26.0 Å². The molecule has 1 aromatic rings. The molecule has 0 aliphatic heterocycles. The number of hydrogen-bond donors (Lipinski definition) is 1. The fourth-order valence-corrected chi connectivity index (χ4v) is 3.19. The molecule has 1 saturated carbocycles. The normalized spacial score (nSPS) is 18.5. The van der Waals surface area contributed by atoms with Gasteiger partial charge in [-0.1, -0.05) is 24.6 Å². The highest BCUT2D eigenvalue weighted by molar-refractivity contribution is 8.00. The van der Waals surface area contributed by atoms with Crippen LogP contribution >= 0.6 is 11.8 Å². The molecule has 2 N–H and O–H groups in total. The maximum atomic E-state index is 5.86. The number of thioether (sulfide) groups is 1. The Morgan fingerprint density at radius 3 is 2.73 bits per heavy atom. The maximum absolute atomic E-state index is 5.86. The van der Waals surface area contributed by atoms with Crippen LogP contribution in [0.1, 0.15) is 31.7 Å². The first-order valence-corrected chi connectivity index (χ1v) is 6.64. The first-order chi connectivity index (χ1) is 7.25. The molecule has 0 amide bonds. The second-order valence-corrected chi connectivity index (χ2v) is 5.80. The molecule has 0 radical (unpaired) electrons. The van der Waals surface area contributed by atoms with Crippen molar-refractivity contribution >= 4 is 11.8 Å². The van der Waals surface area contributed by atoms with Crippen LogP contribution in [0.4, 0.5) is 0 Å². The van der Waals surface area contributed by atoms with Gasteiger partial charge in [-0.15, -0.1) is 11.8 Å². The summed E-state index contributed by atoms with van der Waals surface area (Å²) in [5, 5.41) is 0.860. The third-order valence-electron chi connectivity index (χ3n) is 2.86. The Hall–Kier alpha value is -0.470. The average Bonchev–Trinajstić information content (AvgIpc) is 2.13. The van der Waals surface area contributed by atoms with Gasteiger partial charge >= 0.3 is 0 Å². The molecule has 15 heavy (non-hydrogen) atoms. The van der Waals surface area contributed by atoms with E-state index in [1.165, 1.54) is 29.7 Å². The van der Waals surface area contributed by atoms with Crippen LogP contribution in [0, 0.1) is 0 Å². The van der Waals surface area contributed by atoms with Crippen LogP contribution in [-0.4, -0.2) is 11.3 Å². The molecular weight excluding hydrogens is 202 g/mol. The summed E-state index contributed by atoms with van der Waals surface area (Å²) in [6.45, 7) is 2.07. The van der Waals surface area contributed by atoms with Crippen LogP contribution in [0.2, 0.25) is 0 Å². The summed E-state index contributed by atoms with van der Waals surface area (Å²) in [7, 11) is 0. The van der Waals surface area contributed by atoms with E-state index in [-0.39, 0.29) is 6.04 Å². The quantitative estimate of drug-likeness (QED) is 0.845. The summed E-state index contributed by atoms with van der Waals surface area (Å²) in [5.41, 5.74) is 7.28. The van der Waals surface area contributed by atoms with E-state index in [0.29, 0.717) is 0 Å². The van der Waals surface area contributed by atoms with E-state index in [2.05, 4.69) is 31.2 Å². The van der Waals surface area contributed by atoms with Gasteiger partial charge < -0.3 is 5.73 Å². The van der Waals surface area contributed by atoms with Gasteiger partial charge in [0.1, 0.15) is 0 Å². The molecule has 82 valence electrons. The first-order valence-electron chi connectivity index (χ1n) is 5.76. The van der Waals surface area contributed by atoms with Crippen LogP contribution in [0.3, 0.4) is 0 Å². The van der Waals surface area contributed by atoms with Crippen LogP contribution in [0.5, 0.6) is 0 Å². The fraction of sp³-hybridized carbons (Fsp3) is 0.538. The molecule has 0 saturated heterocycles. The molecule has 2 rings (SSSR count). The van der Waals surface area contributed by atoms with Crippen molar-refractivity contribution in [3.8, 4) is 0 Å². The third kappa shape index (κ3) is 2.99. The largest absolute Gasteiger partial charge is 0.328 e. The van der Waals surface area contributed by atoms with Crippen molar-refractivity contribution in [1.82, 2.24) is 0 Å². The Morgan fingerprint density at radius 1 is 1.40 bits per heavy atom. The van der Waals surface area contributed by atoms with Gasteiger partial charge in [0.05, 0.1) is 0 Å². The lowest BCUT2D eigenvalue weighted by atomic mass is 10.00. The summed E-state index contributed by atoms with van der Waals surface area (Å²) in [6.07, 6.45) is 5.18. The summed E-state index contributed by atoms with van der Waals surface area (Å²) in [5.74, 6) is 0. The van der Waals surface area contributed by atoms with Gasteiger partial charge in [0.25, 0.3) is 0 Å². The molecule has 1 atom stereocenters. The van der Waals surface area contributed by atoms with Crippen molar-refractivity contribution < 1.29 is 0 Å². The molecule has 1 aliphatic rings. The highest BCUT2D eigenvalue weighted by Crippen LogP contribution is 2.37. The highest BCUT2D eigenvalue weighted by Gasteiger charge is 2.19. The van der Waals surface area contributed by atoms with E-state index in [9.17, 15) is 0 Å². The summed E-state index contributed by atoms with van der Waals surface area (Å²) in [6, 6.07) is 8.95. The Bertz CT molecular complexity index is 318. The molecule has 2 heteroatoms. The number of hydrogen-bond acceptors (Lipinski definition) is 2. The van der Waals surface area contributed by atoms with Gasteiger partial charge in [-0.25, -0.2) is 0 Å². The van der Waals surface area contributed by atoms with Crippen molar-refractivity contribution in [2.45, 2.75) is 48.8 Å². The SMILES string of the molecule is CC(N)Cc1ccccc1SC1CCC1. The predicted molar refractivity (Wildman–Crippen MR) is 67.3 cm³/mol. The Balaban J connectivity index is 2.06. The standard InChI is InChI=1S/C13H19NS/c1-10(14)9-11-5-2-3-8-13(11)15-12-6-4-7-12/h2-3,5,8,10,12H,4,6-7,9,14H2,1H3. The lowest BCUT2D eigenvalue weighted by Gasteiger charge is -2.25. The molecule has 1 fully saturated rings. The van der Waals surface area contributed by atoms with Gasteiger partial charge in [0.2, 0.25) is 0 Å². The van der Waals surface area contributed by atoms with E-state index in [1.54, 1.807) is 0 Å². The van der Waals surface area contributed by atoms with Crippen LogP contribution in [0.25, 0.3) is 0 Å². The monoisotopic (exact) mass is 221 g/mol. The van der Waals surface area contributed by atoms with Gasteiger partial charge in [-0.3, -0.25) is 0 Å². The Morgan fingerprint density at radius 2 is 2.13 bits per heavy atom. The van der Waals surface area contributed by atoms with Crippen LogP contribution < -0.4 is 5.73 Å².